The van der Waals surface area contributed by atoms with Crippen LogP contribution in [0.2, 0.25) is 0 Å². The van der Waals surface area contributed by atoms with Crippen LogP contribution in [0, 0.1) is 0 Å². The number of hydrogen-bond donors (Lipinski definition) is 1. The Balaban J connectivity index is 1.99. The van der Waals surface area contributed by atoms with Gasteiger partial charge in [-0.05, 0) is 12.1 Å². The fourth-order valence-electron chi connectivity index (χ4n) is 2.19. The van der Waals surface area contributed by atoms with Crippen LogP contribution < -0.4 is 9.82 Å². The smallest absolute Gasteiger partial charge is 0.262 e. The molecule has 1 aromatic carbocycles. The summed E-state index contributed by atoms with van der Waals surface area (Å²) in [6.07, 6.45) is 1.84. The Labute approximate surface area is 119 Å². The topological polar surface area (TPSA) is 53.9 Å². The van der Waals surface area contributed by atoms with E-state index in [2.05, 4.69) is 28.4 Å². The van der Waals surface area contributed by atoms with E-state index < -0.39 is 8.37 Å². The highest BCUT2D eigenvalue weighted by molar-refractivity contribution is 7.53. The summed E-state index contributed by atoms with van der Waals surface area (Å²) in [5, 5.41) is 2.96. The molecule has 2 aliphatic heterocycles. The molecule has 0 saturated heterocycles. The fraction of sp³-hybridized carbons (Fsp3) is 0.286. The number of nitrogens with one attached hydrogen (secondary N) is 1. The molecule has 2 heterocycles. The lowest BCUT2D eigenvalue weighted by atomic mass is 10.1. The highest BCUT2D eigenvalue weighted by Gasteiger charge is 2.33. The van der Waals surface area contributed by atoms with E-state index in [1.807, 2.05) is 30.3 Å². The number of rotatable bonds is 3. The maximum absolute atomic E-state index is 12.2. The standard InChI is InChI=1S/C14H16N3O2P/c1-3-17(4-2)20-15-13(18)11-9-10-7-5-6-8-12(10)19-14(11)16-20/h5-9H,3-4H2,1-2H3,(H,15,18). The summed E-state index contributed by atoms with van der Waals surface area (Å²) in [4.78, 5) is 12.2. The van der Waals surface area contributed by atoms with E-state index in [4.69, 9.17) is 4.74 Å². The van der Waals surface area contributed by atoms with Gasteiger partial charge < -0.3 is 4.74 Å². The molecule has 1 amide bonds. The number of benzene rings is 1. The molecule has 0 spiro atoms. The van der Waals surface area contributed by atoms with Crippen LogP contribution in [0.25, 0.3) is 6.08 Å². The Morgan fingerprint density at radius 1 is 1.30 bits per heavy atom. The second kappa shape index (κ2) is 5.35. The lowest BCUT2D eigenvalue weighted by Crippen LogP contribution is -2.37. The number of nitrogens with zero attached hydrogens (tertiary/aromatic N) is 2. The van der Waals surface area contributed by atoms with Crippen LogP contribution in [-0.2, 0) is 4.79 Å². The minimum Gasteiger partial charge on any atom is -0.438 e. The van der Waals surface area contributed by atoms with Crippen molar-refractivity contribution in [2.45, 2.75) is 13.8 Å². The van der Waals surface area contributed by atoms with Gasteiger partial charge >= 0.3 is 0 Å². The molecule has 0 fully saturated rings. The largest absolute Gasteiger partial charge is 0.438 e. The number of amides is 1. The molecule has 6 heteroatoms. The zero-order valence-electron chi connectivity index (χ0n) is 11.5. The third kappa shape index (κ3) is 2.23. The summed E-state index contributed by atoms with van der Waals surface area (Å²) in [5.41, 5.74) is 1.42. The van der Waals surface area contributed by atoms with Crippen LogP contribution in [0.5, 0.6) is 5.75 Å². The van der Waals surface area contributed by atoms with Crippen LogP contribution in [0.15, 0.2) is 34.6 Å². The Kier molecular flexibility index (Phi) is 3.55. The average molecular weight is 289 g/mol. The molecule has 0 aliphatic carbocycles. The number of ether oxygens (including phenoxy) is 1. The molecule has 1 aromatic rings. The SMILES string of the molecule is CCN(CC)P1N=C2Oc3ccccc3C=C2C(=O)N1. The second-order valence-electron chi connectivity index (χ2n) is 4.47. The number of hydrogen-bond acceptors (Lipinski definition) is 4. The van der Waals surface area contributed by atoms with Gasteiger partial charge in [0.1, 0.15) is 11.3 Å². The van der Waals surface area contributed by atoms with Crippen molar-refractivity contribution in [1.82, 2.24) is 9.76 Å². The van der Waals surface area contributed by atoms with Gasteiger partial charge in [-0.15, -0.1) is 0 Å². The minimum atomic E-state index is -1.05. The highest BCUT2D eigenvalue weighted by Crippen LogP contribution is 2.42. The van der Waals surface area contributed by atoms with Gasteiger partial charge in [0.2, 0.25) is 14.3 Å². The fourth-order valence-corrected chi connectivity index (χ4v) is 3.67. The summed E-state index contributed by atoms with van der Waals surface area (Å²) >= 11 is 0. The molecule has 20 heavy (non-hydrogen) atoms. The summed E-state index contributed by atoms with van der Waals surface area (Å²) in [6, 6.07) is 7.64. The van der Waals surface area contributed by atoms with E-state index >= 15 is 0 Å². The lowest BCUT2D eigenvalue weighted by molar-refractivity contribution is -0.115. The summed E-state index contributed by atoms with van der Waals surface area (Å²) in [7, 11) is -1.05. The van der Waals surface area contributed by atoms with Crippen molar-refractivity contribution in [3.8, 4) is 5.75 Å². The van der Waals surface area contributed by atoms with Crippen molar-refractivity contribution >= 4 is 26.3 Å². The van der Waals surface area contributed by atoms with Crippen molar-refractivity contribution in [3.05, 3.63) is 35.4 Å². The molecule has 0 aromatic heterocycles. The first-order valence-electron chi connectivity index (χ1n) is 6.66. The number of para-hydroxylation sites is 1. The number of fused-ring (bicyclic) bond motifs is 2. The predicted molar refractivity (Wildman–Crippen MR) is 80.5 cm³/mol. The molecule has 104 valence electrons. The molecule has 0 saturated carbocycles. The van der Waals surface area contributed by atoms with Crippen molar-refractivity contribution in [1.29, 1.82) is 0 Å². The molecule has 5 nitrogen and oxygen atoms in total. The van der Waals surface area contributed by atoms with Gasteiger partial charge in [0.25, 0.3) is 5.91 Å². The van der Waals surface area contributed by atoms with Gasteiger partial charge in [0.05, 0.1) is 0 Å². The van der Waals surface area contributed by atoms with E-state index in [0.29, 0.717) is 11.5 Å². The first-order valence-corrected chi connectivity index (χ1v) is 7.91. The Bertz CT molecular complexity index is 608. The van der Waals surface area contributed by atoms with Gasteiger partial charge in [-0.25, -0.2) is 4.67 Å². The highest BCUT2D eigenvalue weighted by atomic mass is 31.1. The average Bonchev–Trinajstić information content (AvgIpc) is 2.47. The van der Waals surface area contributed by atoms with Crippen LogP contribution in [0.1, 0.15) is 19.4 Å². The number of carbonyl (C=O) groups excluding carboxylic acids is 1. The van der Waals surface area contributed by atoms with E-state index in [0.717, 1.165) is 24.4 Å². The van der Waals surface area contributed by atoms with Crippen LogP contribution >= 0.6 is 8.37 Å². The van der Waals surface area contributed by atoms with E-state index in [-0.39, 0.29) is 5.91 Å². The van der Waals surface area contributed by atoms with Crippen LogP contribution in [0.3, 0.4) is 0 Å². The third-order valence-electron chi connectivity index (χ3n) is 3.29. The molecule has 1 unspecified atom stereocenters. The Morgan fingerprint density at radius 2 is 2.05 bits per heavy atom. The van der Waals surface area contributed by atoms with Gasteiger partial charge in [0, 0.05) is 18.7 Å². The van der Waals surface area contributed by atoms with Gasteiger partial charge in [0.15, 0.2) is 0 Å². The molecule has 1 atom stereocenters. The molecule has 0 radical (unpaired) electrons. The summed E-state index contributed by atoms with van der Waals surface area (Å²) in [6.45, 7) is 5.80. The molecule has 1 N–H and O–H groups in total. The van der Waals surface area contributed by atoms with Crippen molar-refractivity contribution < 1.29 is 9.53 Å². The Hall–Kier alpha value is -1.71. The maximum Gasteiger partial charge on any atom is 0.262 e. The third-order valence-corrected chi connectivity index (χ3v) is 5.16. The Morgan fingerprint density at radius 3 is 2.80 bits per heavy atom. The number of carbonyl (C=O) groups is 1. The van der Waals surface area contributed by atoms with Crippen LogP contribution in [0.4, 0.5) is 0 Å². The van der Waals surface area contributed by atoms with Crippen LogP contribution in [-0.4, -0.2) is 29.6 Å². The van der Waals surface area contributed by atoms with Gasteiger partial charge in [-0.1, -0.05) is 32.0 Å². The van der Waals surface area contributed by atoms with E-state index in [1.165, 1.54) is 0 Å². The maximum atomic E-state index is 12.2. The first kappa shape index (κ1) is 13.3. The van der Waals surface area contributed by atoms with E-state index in [1.54, 1.807) is 0 Å². The van der Waals surface area contributed by atoms with Gasteiger partial charge in [-0.3, -0.25) is 9.88 Å². The molecular weight excluding hydrogens is 273 g/mol. The molecular formula is C14H16N3O2P. The molecule has 3 rings (SSSR count). The molecule has 2 aliphatic rings. The minimum absolute atomic E-state index is 0.109. The monoisotopic (exact) mass is 289 g/mol. The van der Waals surface area contributed by atoms with Gasteiger partial charge in [-0.2, -0.15) is 4.76 Å². The lowest BCUT2D eigenvalue weighted by Gasteiger charge is -2.31. The summed E-state index contributed by atoms with van der Waals surface area (Å²) in [5.74, 6) is 1.08. The van der Waals surface area contributed by atoms with Crippen molar-refractivity contribution in [2.24, 2.45) is 4.76 Å². The first-order chi connectivity index (χ1) is 9.72. The second-order valence-corrected chi connectivity index (χ2v) is 6.04. The zero-order chi connectivity index (χ0) is 14.1. The van der Waals surface area contributed by atoms with Crippen molar-refractivity contribution in [2.75, 3.05) is 13.1 Å². The predicted octanol–water partition coefficient (Wildman–Crippen LogP) is 2.56. The quantitative estimate of drug-likeness (QED) is 0.870. The van der Waals surface area contributed by atoms with E-state index in [9.17, 15) is 4.79 Å². The molecule has 0 bridgehead atoms. The normalized spacial score (nSPS) is 20.4. The van der Waals surface area contributed by atoms with Crippen molar-refractivity contribution in [3.63, 3.8) is 0 Å². The summed E-state index contributed by atoms with van der Waals surface area (Å²) < 4.78 is 12.5. The zero-order valence-corrected chi connectivity index (χ0v) is 12.4.